The zero-order valence-electron chi connectivity index (χ0n) is 36.9. The van der Waals surface area contributed by atoms with Gasteiger partial charge in [0, 0.05) is 31.8 Å². The van der Waals surface area contributed by atoms with Crippen LogP contribution in [0.25, 0.3) is 5.57 Å². The minimum Gasteiger partial charge on any atom is -0.381 e. The van der Waals surface area contributed by atoms with Gasteiger partial charge in [-0.05, 0) is 125 Å². The number of nitrogens with zero attached hydrogens (tertiary/aromatic N) is 2. The number of aldehydes is 1. The van der Waals surface area contributed by atoms with Crippen LogP contribution < -0.4 is 9.80 Å². The van der Waals surface area contributed by atoms with E-state index in [1.807, 2.05) is 47.8 Å². The van der Waals surface area contributed by atoms with Gasteiger partial charge in [-0.15, -0.1) is 0 Å². The first-order valence-corrected chi connectivity index (χ1v) is 20.6. The number of rotatable bonds is 11. The van der Waals surface area contributed by atoms with E-state index < -0.39 is 0 Å². The van der Waals surface area contributed by atoms with Gasteiger partial charge in [0.15, 0.2) is 0 Å². The Labute approximate surface area is 326 Å². The predicted molar refractivity (Wildman–Crippen MR) is 232 cm³/mol. The number of methoxy groups -OCH3 is 1. The maximum absolute atomic E-state index is 12.6. The SMILES string of the molecule is C/C=C(/C(C)=N)c1ccc2c(c1)N(C)C(C(CCC(C)CC)C(C)CC)N2C1CCC(OC)CC1.CC.CC(C)C.CC=O.Cc1ccc(C)c(F)c1. The van der Waals surface area contributed by atoms with E-state index in [0.29, 0.717) is 41.4 Å². The highest BCUT2D eigenvalue weighted by Gasteiger charge is 2.44. The fourth-order valence-corrected chi connectivity index (χ4v) is 7.14. The van der Waals surface area contributed by atoms with E-state index in [9.17, 15) is 4.39 Å². The Hall–Kier alpha value is -2.99. The largest absolute Gasteiger partial charge is 0.381 e. The fourth-order valence-electron chi connectivity index (χ4n) is 7.14. The van der Waals surface area contributed by atoms with Gasteiger partial charge in [0.25, 0.3) is 0 Å². The van der Waals surface area contributed by atoms with Crippen molar-refractivity contribution in [1.29, 1.82) is 5.41 Å². The highest BCUT2D eigenvalue weighted by Crippen LogP contribution is 2.48. The number of halogens is 1. The minimum absolute atomic E-state index is 0.116. The summed E-state index contributed by atoms with van der Waals surface area (Å²) in [6.45, 7) is 29.1. The molecule has 53 heavy (non-hydrogen) atoms. The molecule has 0 bridgehead atoms. The second-order valence-electron chi connectivity index (χ2n) is 15.5. The monoisotopic (exact) mass is 738 g/mol. The number of anilines is 2. The van der Waals surface area contributed by atoms with Crippen LogP contribution in [0.4, 0.5) is 15.8 Å². The summed E-state index contributed by atoms with van der Waals surface area (Å²) < 4.78 is 18.3. The summed E-state index contributed by atoms with van der Waals surface area (Å²) in [5, 5.41) is 8.27. The lowest BCUT2D eigenvalue weighted by molar-refractivity contribution is -0.106. The number of ether oxygens (including phenoxy) is 1. The van der Waals surface area contributed by atoms with Gasteiger partial charge in [0.1, 0.15) is 18.3 Å². The maximum atomic E-state index is 12.6. The number of fused-ring (bicyclic) bond motifs is 1. The second kappa shape index (κ2) is 26.7. The van der Waals surface area contributed by atoms with Crippen molar-refractivity contribution < 1.29 is 13.9 Å². The van der Waals surface area contributed by atoms with Crippen molar-refractivity contribution >= 4 is 28.9 Å². The molecule has 2 aliphatic rings. The maximum Gasteiger partial charge on any atom is 0.126 e. The van der Waals surface area contributed by atoms with Gasteiger partial charge in [-0.2, -0.15) is 0 Å². The normalized spacial score (nSPS) is 19.4. The molecule has 0 amide bonds. The lowest BCUT2D eigenvalue weighted by atomic mass is 9.81. The van der Waals surface area contributed by atoms with Gasteiger partial charge in [-0.25, -0.2) is 4.39 Å². The lowest BCUT2D eigenvalue weighted by Crippen LogP contribution is -2.53. The topological polar surface area (TPSA) is 56.6 Å². The van der Waals surface area contributed by atoms with E-state index >= 15 is 0 Å². The van der Waals surface area contributed by atoms with E-state index in [1.165, 1.54) is 62.9 Å². The van der Waals surface area contributed by atoms with Gasteiger partial charge in [0.05, 0.1) is 17.5 Å². The van der Waals surface area contributed by atoms with Gasteiger partial charge in [-0.1, -0.05) is 106 Å². The summed E-state index contributed by atoms with van der Waals surface area (Å²) in [5.74, 6) is 2.80. The molecule has 4 unspecified atom stereocenters. The van der Waals surface area contributed by atoms with Crippen LogP contribution >= 0.6 is 0 Å². The van der Waals surface area contributed by atoms with Crippen LogP contribution in [-0.2, 0) is 9.53 Å². The van der Waals surface area contributed by atoms with E-state index in [1.54, 1.807) is 13.0 Å². The van der Waals surface area contributed by atoms with Crippen molar-refractivity contribution in [1.82, 2.24) is 0 Å². The average Bonchev–Trinajstić information content (AvgIpc) is 3.42. The first-order chi connectivity index (χ1) is 25.1. The Morgan fingerprint density at radius 3 is 1.92 bits per heavy atom. The third kappa shape index (κ3) is 16.1. The van der Waals surface area contributed by atoms with Gasteiger partial charge >= 0.3 is 0 Å². The van der Waals surface area contributed by atoms with Crippen molar-refractivity contribution in [2.45, 2.75) is 167 Å². The van der Waals surface area contributed by atoms with Gasteiger partial charge in [-0.3, -0.25) is 0 Å². The van der Waals surface area contributed by atoms with Crippen LogP contribution in [0.15, 0.2) is 42.5 Å². The molecular formula is C47H80FN3O2. The first-order valence-electron chi connectivity index (χ1n) is 20.6. The van der Waals surface area contributed by atoms with Crippen molar-refractivity contribution in [3.63, 3.8) is 0 Å². The number of benzene rings is 2. The summed E-state index contributed by atoms with van der Waals surface area (Å²) in [4.78, 5) is 14.2. The Morgan fingerprint density at radius 1 is 0.925 bits per heavy atom. The third-order valence-electron chi connectivity index (χ3n) is 10.5. The number of hydrogen-bond donors (Lipinski definition) is 1. The number of carbonyl (C=O) groups is 1. The molecule has 0 spiro atoms. The molecule has 2 aromatic rings. The molecule has 4 rings (SSSR count). The highest BCUT2D eigenvalue weighted by molar-refractivity contribution is 6.21. The molecular weight excluding hydrogens is 658 g/mol. The van der Waals surface area contributed by atoms with Crippen LogP contribution in [0.2, 0.25) is 0 Å². The molecule has 1 saturated carbocycles. The number of carbonyl (C=O) groups excluding carboxylic acids is 1. The van der Waals surface area contributed by atoms with E-state index in [4.69, 9.17) is 14.9 Å². The summed E-state index contributed by atoms with van der Waals surface area (Å²) in [7, 11) is 4.19. The van der Waals surface area contributed by atoms with Crippen LogP contribution in [0.1, 0.15) is 151 Å². The molecule has 6 heteroatoms. The number of allylic oxidation sites excluding steroid dienone is 2. The number of hydrogen-bond acceptors (Lipinski definition) is 5. The first kappa shape index (κ1) is 50.0. The molecule has 2 aromatic carbocycles. The Balaban J connectivity index is 0.00000124. The van der Waals surface area contributed by atoms with Crippen molar-refractivity contribution in [3.05, 3.63) is 65.0 Å². The fraction of sp³-hybridized carbons (Fsp3) is 0.660. The van der Waals surface area contributed by atoms with Crippen molar-refractivity contribution in [2.75, 3.05) is 24.0 Å². The molecule has 1 aliphatic carbocycles. The molecule has 4 atom stereocenters. The molecule has 1 fully saturated rings. The standard InChI is InChI=1S/C31H51N3O.C8H9F.C4H10.C2H4O.C2H6/c1-9-21(4)12-18-28(22(5)10-2)31-33(7)30-20-24(27(11-3)23(6)32)13-19-29(30)34(31)25-14-16-26(35-8)17-15-25;1-6-3-4-7(2)8(9)5-6;1-4(2)3;1-2-3;1-2/h11,13,19-22,25-26,28,31-32H,9-10,12,14-18H2,1-8H3;3-5H,1-2H3;4H,1-3H3;2H,1H3;1-2H3/b27-11-,32-23?;;;;. The number of aryl methyl sites for hydroxylation is 2. The van der Waals surface area contributed by atoms with E-state index in [-0.39, 0.29) is 5.82 Å². The number of nitrogens with one attached hydrogen (secondary N) is 1. The molecule has 5 nitrogen and oxygen atoms in total. The predicted octanol–water partition coefficient (Wildman–Crippen LogP) is 13.5. The van der Waals surface area contributed by atoms with E-state index in [0.717, 1.165) is 47.7 Å². The smallest absolute Gasteiger partial charge is 0.126 e. The van der Waals surface area contributed by atoms with Gasteiger partial charge < -0.3 is 24.7 Å². The van der Waals surface area contributed by atoms with Crippen molar-refractivity contribution in [3.8, 4) is 0 Å². The lowest BCUT2D eigenvalue weighted by Gasteiger charge is -2.45. The third-order valence-corrected chi connectivity index (χ3v) is 10.5. The quantitative estimate of drug-likeness (QED) is 0.184. The summed E-state index contributed by atoms with van der Waals surface area (Å²) in [6.07, 6.45) is 13.4. The Kier molecular flexibility index (Phi) is 25.2. The zero-order valence-corrected chi connectivity index (χ0v) is 36.9. The molecule has 1 N–H and O–H groups in total. The Bertz CT molecular complexity index is 1340. The van der Waals surface area contributed by atoms with Gasteiger partial charge in [0.2, 0.25) is 0 Å². The summed E-state index contributed by atoms with van der Waals surface area (Å²) in [6, 6.07) is 12.7. The molecule has 1 aliphatic heterocycles. The average molecular weight is 738 g/mol. The molecule has 0 aromatic heterocycles. The molecule has 0 radical (unpaired) electrons. The molecule has 302 valence electrons. The zero-order chi connectivity index (χ0) is 40.8. The van der Waals surface area contributed by atoms with Crippen molar-refractivity contribution in [2.24, 2.45) is 23.7 Å². The summed E-state index contributed by atoms with van der Waals surface area (Å²) in [5.41, 5.74) is 7.22. The van der Waals surface area contributed by atoms with Crippen LogP contribution in [0.5, 0.6) is 0 Å². The minimum atomic E-state index is -0.116. The molecule has 0 saturated heterocycles. The Morgan fingerprint density at radius 2 is 1.49 bits per heavy atom. The molecule has 1 heterocycles. The van der Waals surface area contributed by atoms with Crippen LogP contribution in [0, 0.1) is 48.7 Å². The van der Waals surface area contributed by atoms with Crippen LogP contribution in [-0.4, -0.2) is 44.5 Å². The second-order valence-corrected chi connectivity index (χ2v) is 15.5. The highest BCUT2D eigenvalue weighted by atomic mass is 19.1. The summed E-state index contributed by atoms with van der Waals surface area (Å²) >= 11 is 0. The van der Waals surface area contributed by atoms with E-state index in [2.05, 4.69) is 89.6 Å². The van der Waals surface area contributed by atoms with Crippen LogP contribution in [0.3, 0.4) is 0 Å².